The van der Waals surface area contributed by atoms with Gasteiger partial charge in [-0.05, 0) is 18.9 Å². The van der Waals surface area contributed by atoms with Crippen LogP contribution in [0.3, 0.4) is 0 Å². The molecule has 1 heterocycles. The van der Waals surface area contributed by atoms with Crippen LogP contribution in [0.4, 0.5) is 11.4 Å². The van der Waals surface area contributed by atoms with Crippen LogP contribution in [-0.2, 0) is 9.59 Å². The van der Waals surface area contributed by atoms with Crippen molar-refractivity contribution < 1.29 is 24.4 Å². The maximum absolute atomic E-state index is 12.4. The van der Waals surface area contributed by atoms with E-state index in [1.165, 1.54) is 17.0 Å². The molecule has 1 saturated heterocycles. The van der Waals surface area contributed by atoms with E-state index in [4.69, 9.17) is 0 Å². The lowest BCUT2D eigenvalue weighted by atomic mass is 9.85. The van der Waals surface area contributed by atoms with E-state index >= 15 is 0 Å². The summed E-state index contributed by atoms with van der Waals surface area (Å²) in [5, 5.41) is 22.8. The largest absolute Gasteiger partial charge is 0.478 e. The number of hydrogen-bond donors (Lipinski definition) is 2. The molecule has 9 heteroatoms. The number of hydrogen-bond acceptors (Lipinski definition) is 6. The molecule has 3 rings (SSSR count). The van der Waals surface area contributed by atoms with Gasteiger partial charge in [0.2, 0.25) is 11.8 Å². The van der Waals surface area contributed by atoms with Crippen molar-refractivity contribution in [2.24, 2.45) is 11.8 Å². The van der Waals surface area contributed by atoms with Gasteiger partial charge < -0.3 is 10.4 Å². The van der Waals surface area contributed by atoms with Gasteiger partial charge in [0, 0.05) is 30.9 Å². The Kier molecular flexibility index (Phi) is 4.70. The minimum atomic E-state index is -1.30. The number of nitrogens with one attached hydrogen (secondary N) is 1. The summed E-state index contributed by atoms with van der Waals surface area (Å²) in [4.78, 5) is 47.3. The quantitative estimate of drug-likeness (QED) is 0.342. The Morgan fingerprint density at radius 3 is 2.38 bits per heavy atom. The van der Waals surface area contributed by atoms with Gasteiger partial charge in [-0.3, -0.25) is 24.6 Å². The van der Waals surface area contributed by atoms with E-state index in [1.54, 1.807) is 0 Å². The molecule has 26 heavy (non-hydrogen) atoms. The van der Waals surface area contributed by atoms with E-state index in [0.29, 0.717) is 12.8 Å². The Labute approximate surface area is 148 Å². The topological polar surface area (TPSA) is 130 Å². The van der Waals surface area contributed by atoms with Crippen LogP contribution >= 0.6 is 0 Å². The summed E-state index contributed by atoms with van der Waals surface area (Å²) in [6.07, 6.45) is 4.93. The average molecular weight is 359 g/mol. The zero-order valence-electron chi connectivity index (χ0n) is 13.8. The van der Waals surface area contributed by atoms with Crippen molar-refractivity contribution in [3.05, 3.63) is 46.0 Å². The summed E-state index contributed by atoms with van der Waals surface area (Å²) < 4.78 is 0. The van der Waals surface area contributed by atoms with Gasteiger partial charge in [0.1, 0.15) is 0 Å². The number of nitro benzene ring substituents is 1. The van der Waals surface area contributed by atoms with Gasteiger partial charge in [0.25, 0.3) is 5.69 Å². The summed E-state index contributed by atoms with van der Waals surface area (Å²) in [7, 11) is 0. The number of nitrogens with zero attached hydrogens (tertiary/aromatic N) is 2. The predicted octanol–water partition coefficient (Wildman–Crippen LogP) is 1.66. The van der Waals surface area contributed by atoms with Crippen molar-refractivity contribution >= 4 is 29.2 Å². The number of carboxylic acid groups (broad SMARTS) is 1. The fourth-order valence-electron chi connectivity index (χ4n) is 3.37. The second-order valence-electron chi connectivity index (χ2n) is 6.20. The van der Waals surface area contributed by atoms with Crippen molar-refractivity contribution in [1.29, 1.82) is 0 Å². The molecule has 136 valence electrons. The second-order valence-corrected chi connectivity index (χ2v) is 6.20. The lowest BCUT2D eigenvalue weighted by Crippen LogP contribution is -2.35. The highest BCUT2D eigenvalue weighted by Gasteiger charge is 2.46. The number of imide groups is 1. The molecule has 0 saturated carbocycles. The number of carboxylic acids is 1. The number of fused-ring (bicyclic) bond motifs is 1. The molecule has 2 aliphatic rings. The Bertz CT molecular complexity index is 793. The molecule has 0 aromatic heterocycles. The van der Waals surface area contributed by atoms with Gasteiger partial charge in [-0.2, -0.15) is 0 Å². The third kappa shape index (κ3) is 3.15. The van der Waals surface area contributed by atoms with Crippen molar-refractivity contribution in [1.82, 2.24) is 4.90 Å². The number of non-ortho nitro benzene ring substituents is 1. The van der Waals surface area contributed by atoms with Gasteiger partial charge >= 0.3 is 5.97 Å². The van der Waals surface area contributed by atoms with Crippen molar-refractivity contribution in [3.8, 4) is 0 Å². The minimum Gasteiger partial charge on any atom is -0.478 e. The number of aromatic carboxylic acids is 1. The van der Waals surface area contributed by atoms with Gasteiger partial charge in [0.05, 0.1) is 22.3 Å². The van der Waals surface area contributed by atoms with E-state index in [0.717, 1.165) is 6.07 Å². The van der Waals surface area contributed by atoms with Crippen LogP contribution in [0.15, 0.2) is 30.4 Å². The summed E-state index contributed by atoms with van der Waals surface area (Å²) in [6.45, 7) is 0.267. The van der Waals surface area contributed by atoms with Crippen molar-refractivity contribution in [2.75, 3.05) is 18.4 Å². The van der Waals surface area contributed by atoms with Crippen LogP contribution in [0.5, 0.6) is 0 Å². The third-order valence-corrected chi connectivity index (χ3v) is 4.69. The highest BCUT2D eigenvalue weighted by atomic mass is 16.6. The fraction of sp³-hybridized carbons (Fsp3) is 0.353. The number of amides is 2. The van der Waals surface area contributed by atoms with E-state index in [9.17, 15) is 29.6 Å². The van der Waals surface area contributed by atoms with Crippen LogP contribution in [-0.4, -0.2) is 45.8 Å². The molecule has 0 unspecified atom stereocenters. The number of allylic oxidation sites excluding steroid dienone is 2. The maximum atomic E-state index is 12.4. The first-order chi connectivity index (χ1) is 12.4. The first kappa shape index (κ1) is 17.6. The predicted molar refractivity (Wildman–Crippen MR) is 90.6 cm³/mol. The molecular formula is C17H17N3O6. The Morgan fingerprint density at radius 2 is 1.85 bits per heavy atom. The molecule has 9 nitrogen and oxygen atoms in total. The number of anilines is 1. The van der Waals surface area contributed by atoms with Crippen molar-refractivity contribution in [2.45, 2.75) is 12.8 Å². The van der Waals surface area contributed by atoms with E-state index in [2.05, 4.69) is 5.32 Å². The summed E-state index contributed by atoms with van der Waals surface area (Å²) in [5.74, 6) is -2.31. The zero-order chi connectivity index (χ0) is 18.8. The molecule has 1 aliphatic heterocycles. The fourth-order valence-corrected chi connectivity index (χ4v) is 3.37. The number of benzene rings is 1. The number of rotatable bonds is 6. The molecule has 1 fully saturated rings. The Balaban J connectivity index is 1.67. The molecule has 2 amide bonds. The first-order valence-corrected chi connectivity index (χ1v) is 8.16. The maximum Gasteiger partial charge on any atom is 0.338 e. The zero-order valence-corrected chi connectivity index (χ0v) is 13.8. The standard InChI is InChI=1S/C17H17N3O6/c21-15-11-3-1-2-4-12(11)16(22)19(15)8-7-18-14-6-5-10(20(25)26)9-13(14)17(23)24/h1-2,5-6,9,11-12,18H,3-4,7-8H2,(H,23,24)/t11-,12+. The molecule has 0 spiro atoms. The molecule has 1 aliphatic carbocycles. The minimum absolute atomic E-state index is 0.112. The number of nitro groups is 1. The first-order valence-electron chi connectivity index (χ1n) is 8.16. The van der Waals surface area contributed by atoms with E-state index < -0.39 is 10.9 Å². The van der Waals surface area contributed by atoms with Crippen LogP contribution < -0.4 is 5.32 Å². The Hall–Kier alpha value is -3.23. The number of likely N-dealkylation sites (tertiary alicyclic amines) is 1. The van der Waals surface area contributed by atoms with Crippen molar-refractivity contribution in [3.63, 3.8) is 0 Å². The van der Waals surface area contributed by atoms with Crippen LogP contribution in [0.25, 0.3) is 0 Å². The number of carbonyl (C=O) groups excluding carboxylic acids is 2. The van der Waals surface area contributed by atoms with Gasteiger partial charge in [0.15, 0.2) is 0 Å². The average Bonchev–Trinajstić information content (AvgIpc) is 2.86. The molecule has 2 N–H and O–H groups in total. The highest BCUT2D eigenvalue weighted by Crippen LogP contribution is 2.34. The molecule has 0 bridgehead atoms. The number of carbonyl (C=O) groups is 3. The highest BCUT2D eigenvalue weighted by molar-refractivity contribution is 6.05. The molecule has 1 aromatic carbocycles. The lowest BCUT2D eigenvalue weighted by Gasteiger charge is -2.16. The lowest BCUT2D eigenvalue weighted by molar-refractivity contribution is -0.384. The molecule has 2 atom stereocenters. The molecular weight excluding hydrogens is 342 g/mol. The summed E-state index contributed by atoms with van der Waals surface area (Å²) in [5.41, 5.74) is -0.369. The third-order valence-electron chi connectivity index (χ3n) is 4.69. The van der Waals surface area contributed by atoms with Gasteiger partial charge in [-0.15, -0.1) is 0 Å². The smallest absolute Gasteiger partial charge is 0.338 e. The summed E-state index contributed by atoms with van der Waals surface area (Å²) >= 11 is 0. The van der Waals surface area contributed by atoms with E-state index in [1.807, 2.05) is 12.2 Å². The van der Waals surface area contributed by atoms with Crippen LogP contribution in [0.2, 0.25) is 0 Å². The van der Waals surface area contributed by atoms with E-state index in [-0.39, 0.29) is 53.7 Å². The van der Waals surface area contributed by atoms with Crippen LogP contribution in [0, 0.1) is 22.0 Å². The monoisotopic (exact) mass is 359 g/mol. The van der Waals surface area contributed by atoms with Gasteiger partial charge in [-0.25, -0.2) is 4.79 Å². The SMILES string of the molecule is O=C(O)c1cc([N+](=O)[O-])ccc1NCCN1C(=O)[C@H]2CC=CC[C@H]2C1=O. The second kappa shape index (κ2) is 6.95. The Morgan fingerprint density at radius 1 is 1.23 bits per heavy atom. The van der Waals surface area contributed by atoms with Crippen LogP contribution in [0.1, 0.15) is 23.2 Å². The van der Waals surface area contributed by atoms with Gasteiger partial charge in [-0.1, -0.05) is 12.2 Å². The normalized spacial score (nSPS) is 21.6. The molecule has 1 aromatic rings. The summed E-state index contributed by atoms with van der Waals surface area (Å²) in [6, 6.07) is 3.47. The molecule has 0 radical (unpaired) electrons.